The van der Waals surface area contributed by atoms with Gasteiger partial charge in [-0.1, -0.05) is 82.9 Å². The van der Waals surface area contributed by atoms with Crippen LogP contribution >= 0.6 is 0 Å². The zero-order chi connectivity index (χ0) is 22.5. The number of para-hydroxylation sites is 1. The van der Waals surface area contributed by atoms with E-state index in [4.69, 9.17) is 4.74 Å². The summed E-state index contributed by atoms with van der Waals surface area (Å²) in [7, 11) is 0. The highest BCUT2D eigenvalue weighted by Crippen LogP contribution is 2.30. The van der Waals surface area contributed by atoms with E-state index in [9.17, 15) is 9.90 Å². The van der Waals surface area contributed by atoms with Crippen LogP contribution in [0.2, 0.25) is 0 Å². The number of phenolic OH excluding ortho intramolecular Hbond substituents is 1. The number of aryl methyl sites for hydroxylation is 2. The molecule has 0 heterocycles. The largest absolute Gasteiger partial charge is 0.505 e. The average Bonchev–Trinajstić information content (AvgIpc) is 2.75. The Morgan fingerprint density at radius 2 is 1.52 bits per heavy atom. The van der Waals surface area contributed by atoms with Crippen LogP contribution in [0, 0.1) is 13.8 Å². The fourth-order valence-electron chi connectivity index (χ4n) is 3.80. The first kappa shape index (κ1) is 24.8. The molecule has 0 aromatic heterocycles. The molecule has 2 aromatic carbocycles. The molecule has 0 aliphatic heterocycles. The van der Waals surface area contributed by atoms with Gasteiger partial charge in [-0.2, -0.15) is 0 Å². The van der Waals surface area contributed by atoms with Crippen LogP contribution in [-0.4, -0.2) is 17.6 Å². The Hall–Kier alpha value is -2.49. The molecular weight excluding hydrogens is 386 g/mol. The molecule has 0 aliphatic carbocycles. The molecule has 0 unspecified atom stereocenters. The van der Waals surface area contributed by atoms with Crippen LogP contribution in [0.25, 0.3) is 0 Å². The molecule has 0 radical (unpaired) electrons. The van der Waals surface area contributed by atoms with Gasteiger partial charge in [-0.25, -0.2) is 0 Å². The molecule has 4 heteroatoms. The summed E-state index contributed by atoms with van der Waals surface area (Å²) in [6.45, 7) is 6.62. The van der Waals surface area contributed by atoms with E-state index in [2.05, 4.69) is 12.2 Å². The standard InChI is InChI=1S/C27H39NO3/c1-4-5-6-7-8-9-10-11-12-15-18-31-25-17-14-13-16-23(25)27(30)28-24-20-21(2)19-22(3)26(24)29/h13-14,16-17,19-20,29H,4-12,15,18H2,1-3H3,(H,28,30). The maximum absolute atomic E-state index is 12.8. The van der Waals surface area contributed by atoms with Gasteiger partial charge in [-0.05, 0) is 49.6 Å². The van der Waals surface area contributed by atoms with E-state index in [1.54, 1.807) is 12.1 Å². The van der Waals surface area contributed by atoms with Gasteiger partial charge in [0.15, 0.2) is 0 Å². The monoisotopic (exact) mass is 425 g/mol. The summed E-state index contributed by atoms with van der Waals surface area (Å²) in [5.41, 5.74) is 2.62. The van der Waals surface area contributed by atoms with Crippen molar-refractivity contribution in [2.75, 3.05) is 11.9 Å². The predicted octanol–water partition coefficient (Wildman–Crippen LogP) is 7.56. The number of hydrogen-bond donors (Lipinski definition) is 2. The van der Waals surface area contributed by atoms with Crippen LogP contribution in [-0.2, 0) is 0 Å². The van der Waals surface area contributed by atoms with Gasteiger partial charge >= 0.3 is 0 Å². The van der Waals surface area contributed by atoms with E-state index < -0.39 is 0 Å². The summed E-state index contributed by atoms with van der Waals surface area (Å²) < 4.78 is 5.92. The summed E-state index contributed by atoms with van der Waals surface area (Å²) >= 11 is 0. The number of anilines is 1. The highest BCUT2D eigenvalue weighted by Gasteiger charge is 2.15. The number of rotatable bonds is 14. The quantitative estimate of drug-likeness (QED) is 0.242. The summed E-state index contributed by atoms with van der Waals surface area (Å²) in [5.74, 6) is 0.404. The number of aromatic hydroxyl groups is 1. The number of benzene rings is 2. The van der Waals surface area contributed by atoms with Crippen molar-refractivity contribution in [3.05, 3.63) is 53.1 Å². The van der Waals surface area contributed by atoms with Crippen molar-refractivity contribution in [2.24, 2.45) is 0 Å². The average molecular weight is 426 g/mol. The summed E-state index contributed by atoms with van der Waals surface area (Å²) in [5, 5.41) is 13.1. The van der Waals surface area contributed by atoms with Crippen LogP contribution < -0.4 is 10.1 Å². The second-order valence-electron chi connectivity index (χ2n) is 8.46. The second-order valence-corrected chi connectivity index (χ2v) is 8.46. The minimum atomic E-state index is -0.279. The fraction of sp³-hybridized carbons (Fsp3) is 0.519. The van der Waals surface area contributed by atoms with Gasteiger partial charge in [-0.3, -0.25) is 4.79 Å². The van der Waals surface area contributed by atoms with Crippen molar-refractivity contribution >= 4 is 11.6 Å². The normalized spacial score (nSPS) is 10.8. The summed E-state index contributed by atoms with van der Waals surface area (Å²) in [6, 6.07) is 10.9. The van der Waals surface area contributed by atoms with E-state index >= 15 is 0 Å². The molecule has 2 aromatic rings. The minimum Gasteiger partial charge on any atom is -0.505 e. The van der Waals surface area contributed by atoms with Gasteiger partial charge in [0.05, 0.1) is 17.9 Å². The van der Waals surface area contributed by atoms with Gasteiger partial charge in [0.25, 0.3) is 5.91 Å². The zero-order valence-corrected chi connectivity index (χ0v) is 19.5. The van der Waals surface area contributed by atoms with Crippen LogP contribution in [0.3, 0.4) is 0 Å². The van der Waals surface area contributed by atoms with Gasteiger partial charge in [0, 0.05) is 0 Å². The van der Waals surface area contributed by atoms with Gasteiger partial charge in [0.1, 0.15) is 11.5 Å². The van der Waals surface area contributed by atoms with Crippen molar-refractivity contribution in [3.8, 4) is 11.5 Å². The van der Waals surface area contributed by atoms with Crippen LogP contribution in [0.4, 0.5) is 5.69 Å². The number of nitrogens with one attached hydrogen (secondary N) is 1. The molecule has 31 heavy (non-hydrogen) atoms. The Morgan fingerprint density at radius 3 is 2.19 bits per heavy atom. The molecule has 1 amide bonds. The predicted molar refractivity (Wildman–Crippen MR) is 129 cm³/mol. The lowest BCUT2D eigenvalue weighted by atomic mass is 10.1. The number of amides is 1. The van der Waals surface area contributed by atoms with Crippen LogP contribution in [0.15, 0.2) is 36.4 Å². The SMILES string of the molecule is CCCCCCCCCCCCOc1ccccc1C(=O)Nc1cc(C)cc(C)c1O. The number of phenols is 1. The topological polar surface area (TPSA) is 58.6 Å². The number of ether oxygens (including phenoxy) is 1. The second kappa shape index (κ2) is 13.7. The Kier molecular flexibility index (Phi) is 11.0. The first-order valence-corrected chi connectivity index (χ1v) is 11.9. The fourth-order valence-corrected chi connectivity index (χ4v) is 3.80. The molecular formula is C27H39NO3. The van der Waals surface area contributed by atoms with E-state index in [-0.39, 0.29) is 11.7 Å². The molecule has 170 valence electrons. The molecule has 0 saturated carbocycles. The highest BCUT2D eigenvalue weighted by molar-refractivity contribution is 6.07. The lowest BCUT2D eigenvalue weighted by Crippen LogP contribution is -2.14. The Labute approximate surface area is 188 Å². The van der Waals surface area contributed by atoms with E-state index in [1.807, 2.05) is 38.1 Å². The first-order valence-electron chi connectivity index (χ1n) is 11.9. The van der Waals surface area contributed by atoms with Crippen LogP contribution in [0.5, 0.6) is 11.5 Å². The molecule has 0 bridgehead atoms. The van der Waals surface area contributed by atoms with Crippen molar-refractivity contribution in [1.29, 1.82) is 0 Å². The lowest BCUT2D eigenvalue weighted by Gasteiger charge is -2.14. The van der Waals surface area contributed by atoms with Gasteiger partial charge < -0.3 is 15.2 Å². The number of carbonyl (C=O) groups is 1. The molecule has 0 aliphatic rings. The number of carbonyl (C=O) groups excluding carboxylic acids is 1. The summed E-state index contributed by atoms with van der Waals surface area (Å²) in [4.78, 5) is 12.8. The van der Waals surface area contributed by atoms with Crippen molar-refractivity contribution < 1.29 is 14.6 Å². The zero-order valence-electron chi connectivity index (χ0n) is 19.5. The molecule has 4 nitrogen and oxygen atoms in total. The maximum atomic E-state index is 12.8. The summed E-state index contributed by atoms with van der Waals surface area (Å²) in [6.07, 6.45) is 12.8. The van der Waals surface area contributed by atoms with Crippen LogP contribution in [0.1, 0.15) is 92.6 Å². The van der Waals surface area contributed by atoms with Crippen molar-refractivity contribution in [2.45, 2.75) is 85.0 Å². The Balaban J connectivity index is 1.76. The third kappa shape index (κ3) is 8.64. The smallest absolute Gasteiger partial charge is 0.259 e. The lowest BCUT2D eigenvalue weighted by molar-refractivity contribution is 0.102. The van der Waals surface area contributed by atoms with E-state index in [1.165, 1.54) is 51.4 Å². The van der Waals surface area contributed by atoms with Gasteiger partial charge in [0.2, 0.25) is 0 Å². The van der Waals surface area contributed by atoms with E-state index in [0.717, 1.165) is 24.0 Å². The van der Waals surface area contributed by atoms with E-state index in [0.29, 0.717) is 23.6 Å². The molecule has 2 N–H and O–H groups in total. The molecule has 0 atom stereocenters. The third-order valence-electron chi connectivity index (χ3n) is 5.58. The molecule has 0 spiro atoms. The highest BCUT2D eigenvalue weighted by atomic mass is 16.5. The Bertz CT molecular complexity index is 816. The first-order chi connectivity index (χ1) is 15.0. The minimum absolute atomic E-state index is 0.0997. The number of unbranched alkanes of at least 4 members (excludes halogenated alkanes) is 9. The van der Waals surface area contributed by atoms with Gasteiger partial charge in [-0.15, -0.1) is 0 Å². The molecule has 2 rings (SSSR count). The van der Waals surface area contributed by atoms with Crippen molar-refractivity contribution in [3.63, 3.8) is 0 Å². The third-order valence-corrected chi connectivity index (χ3v) is 5.58. The maximum Gasteiger partial charge on any atom is 0.259 e. The Morgan fingerprint density at radius 1 is 0.903 bits per heavy atom. The van der Waals surface area contributed by atoms with Crippen molar-refractivity contribution in [1.82, 2.24) is 0 Å². The number of hydrogen-bond acceptors (Lipinski definition) is 3. The molecule has 0 fully saturated rings. The molecule has 0 saturated heterocycles.